The van der Waals surface area contributed by atoms with Crippen LogP contribution in [0.5, 0.6) is 0 Å². The van der Waals surface area contributed by atoms with Crippen LogP contribution in [0.2, 0.25) is 0 Å². The monoisotopic (exact) mass is 222 g/mol. The van der Waals surface area contributed by atoms with Crippen molar-refractivity contribution in [1.29, 1.82) is 0 Å². The van der Waals surface area contributed by atoms with Crippen molar-refractivity contribution in [3.8, 4) is 0 Å². The molecule has 2 rings (SSSR count). The quantitative estimate of drug-likeness (QED) is 0.742. The van der Waals surface area contributed by atoms with E-state index in [9.17, 15) is 9.46 Å². The first-order valence-corrected chi connectivity index (χ1v) is 7.19. The van der Waals surface area contributed by atoms with Gasteiger partial charge in [0, 0.05) is 12.3 Å². The van der Waals surface area contributed by atoms with E-state index in [-0.39, 0.29) is 0 Å². The van der Waals surface area contributed by atoms with E-state index in [1.54, 1.807) is 0 Å². The minimum Gasteiger partial charge on any atom is -0.344 e. The van der Waals surface area contributed by atoms with Gasteiger partial charge in [-0.3, -0.25) is 4.57 Å². The van der Waals surface area contributed by atoms with E-state index in [1.165, 1.54) is 0 Å². The molecule has 1 N–H and O–H groups in total. The fourth-order valence-corrected chi connectivity index (χ4v) is 3.76. The molecule has 0 aliphatic heterocycles. The molecule has 0 aromatic carbocycles. The van der Waals surface area contributed by atoms with Gasteiger partial charge in [-0.2, -0.15) is 0 Å². The number of hydrogen-bond donors (Lipinski definition) is 1. The van der Waals surface area contributed by atoms with Crippen LogP contribution in [0.1, 0.15) is 12.8 Å². The molecule has 0 amide bonds. The van der Waals surface area contributed by atoms with E-state index in [1.807, 2.05) is 36.5 Å². The predicted octanol–water partition coefficient (Wildman–Crippen LogP) is 3.03. The molecule has 0 bridgehead atoms. The van der Waals surface area contributed by atoms with Crippen LogP contribution in [0.15, 0.2) is 47.6 Å². The Bertz CT molecular complexity index is 377. The molecule has 2 aliphatic carbocycles. The summed E-state index contributed by atoms with van der Waals surface area (Å²) >= 11 is 0. The predicted molar refractivity (Wildman–Crippen MR) is 63.2 cm³/mol. The first kappa shape index (κ1) is 10.7. The van der Waals surface area contributed by atoms with E-state index in [2.05, 4.69) is 0 Å². The van der Waals surface area contributed by atoms with Gasteiger partial charge in [0.15, 0.2) is 0 Å². The second kappa shape index (κ2) is 4.34. The fourth-order valence-electron chi connectivity index (χ4n) is 1.91. The summed E-state index contributed by atoms with van der Waals surface area (Å²) in [4.78, 5) is 9.85. The zero-order chi connectivity index (χ0) is 10.7. The van der Waals surface area contributed by atoms with Crippen molar-refractivity contribution in [2.75, 3.05) is 12.3 Å². The molecule has 0 saturated carbocycles. The lowest BCUT2D eigenvalue weighted by atomic mass is 10.3. The van der Waals surface area contributed by atoms with Crippen molar-refractivity contribution < 1.29 is 9.46 Å². The average molecular weight is 222 g/mol. The number of hydrogen-bond acceptors (Lipinski definition) is 1. The summed E-state index contributed by atoms with van der Waals surface area (Å²) in [6.07, 6.45) is 14.2. The van der Waals surface area contributed by atoms with Crippen molar-refractivity contribution in [3.05, 3.63) is 47.6 Å². The Morgan fingerprint density at radius 2 is 1.53 bits per heavy atom. The van der Waals surface area contributed by atoms with E-state index in [0.717, 1.165) is 24.0 Å². The number of rotatable bonds is 4. The molecular formula is C12H15O2P. The lowest BCUT2D eigenvalue weighted by Gasteiger charge is -2.12. The van der Waals surface area contributed by atoms with Gasteiger partial charge in [0.25, 0.3) is 0 Å². The van der Waals surface area contributed by atoms with Gasteiger partial charge in [0.2, 0.25) is 7.37 Å². The van der Waals surface area contributed by atoms with E-state index >= 15 is 0 Å². The fraction of sp³-hybridized carbons (Fsp3) is 0.333. The molecular weight excluding hydrogens is 207 g/mol. The standard InChI is InChI=1S/C12H15O2P/c13-15(14,9-11-5-1-2-6-11)10-12-7-3-4-8-12/h1-5,7H,6,8-10H2,(H,13,14). The molecule has 0 atom stereocenters. The molecule has 0 heterocycles. The molecule has 0 fully saturated rings. The van der Waals surface area contributed by atoms with Gasteiger partial charge in [-0.15, -0.1) is 0 Å². The third-order valence-electron chi connectivity index (χ3n) is 2.60. The molecule has 0 saturated heterocycles. The molecule has 2 nitrogen and oxygen atoms in total. The lowest BCUT2D eigenvalue weighted by Crippen LogP contribution is -1.98. The summed E-state index contributed by atoms with van der Waals surface area (Å²) in [5.41, 5.74) is 2.15. The Morgan fingerprint density at radius 3 is 1.87 bits per heavy atom. The van der Waals surface area contributed by atoms with Crippen LogP contribution in [0.25, 0.3) is 0 Å². The molecule has 0 spiro atoms. The minimum atomic E-state index is -3.01. The van der Waals surface area contributed by atoms with Crippen molar-refractivity contribution >= 4 is 7.37 Å². The highest BCUT2D eigenvalue weighted by Crippen LogP contribution is 2.46. The number of allylic oxidation sites excluding steroid dienone is 8. The highest BCUT2D eigenvalue weighted by molar-refractivity contribution is 7.58. The Kier molecular flexibility index (Phi) is 3.08. The van der Waals surface area contributed by atoms with Gasteiger partial charge in [-0.1, -0.05) is 47.6 Å². The zero-order valence-corrected chi connectivity index (χ0v) is 9.49. The van der Waals surface area contributed by atoms with Crippen LogP contribution in [0.3, 0.4) is 0 Å². The first-order chi connectivity index (χ1) is 7.16. The van der Waals surface area contributed by atoms with Crippen LogP contribution in [-0.2, 0) is 4.57 Å². The van der Waals surface area contributed by atoms with Crippen LogP contribution in [0, 0.1) is 0 Å². The van der Waals surface area contributed by atoms with Crippen molar-refractivity contribution in [3.63, 3.8) is 0 Å². The SMILES string of the molecule is O=P(O)(CC1=CC=CC1)CC1=CC=CC1. The maximum absolute atomic E-state index is 11.9. The Hall–Kier alpha value is -0.850. The molecule has 2 aliphatic rings. The molecule has 80 valence electrons. The lowest BCUT2D eigenvalue weighted by molar-refractivity contribution is 0.482. The van der Waals surface area contributed by atoms with Crippen molar-refractivity contribution in [2.45, 2.75) is 12.8 Å². The summed E-state index contributed by atoms with van der Waals surface area (Å²) in [6.45, 7) is 0. The molecule has 15 heavy (non-hydrogen) atoms. The third-order valence-corrected chi connectivity index (χ3v) is 4.40. The minimum absolute atomic E-state index is 0.345. The summed E-state index contributed by atoms with van der Waals surface area (Å²) in [5.74, 6) is 0. The summed E-state index contributed by atoms with van der Waals surface area (Å²) in [5, 5.41) is 0. The second-order valence-electron chi connectivity index (χ2n) is 4.08. The van der Waals surface area contributed by atoms with E-state index in [0.29, 0.717) is 12.3 Å². The summed E-state index contributed by atoms with van der Waals surface area (Å²) in [6, 6.07) is 0. The first-order valence-electron chi connectivity index (χ1n) is 5.16. The molecule has 3 heteroatoms. The maximum atomic E-state index is 11.9. The Morgan fingerprint density at radius 1 is 1.07 bits per heavy atom. The molecule has 0 unspecified atom stereocenters. The smallest absolute Gasteiger partial charge is 0.208 e. The van der Waals surface area contributed by atoms with Gasteiger partial charge in [-0.25, -0.2) is 0 Å². The topological polar surface area (TPSA) is 37.3 Å². The largest absolute Gasteiger partial charge is 0.344 e. The van der Waals surface area contributed by atoms with Crippen LogP contribution >= 0.6 is 7.37 Å². The van der Waals surface area contributed by atoms with E-state index in [4.69, 9.17) is 0 Å². The Labute approximate surface area is 90.2 Å². The van der Waals surface area contributed by atoms with Gasteiger partial charge in [0.1, 0.15) is 0 Å². The van der Waals surface area contributed by atoms with Gasteiger partial charge < -0.3 is 4.89 Å². The average Bonchev–Trinajstić information content (AvgIpc) is 2.75. The van der Waals surface area contributed by atoms with Gasteiger partial charge in [0.05, 0.1) is 0 Å². The highest BCUT2D eigenvalue weighted by Gasteiger charge is 2.22. The van der Waals surface area contributed by atoms with Gasteiger partial charge >= 0.3 is 0 Å². The Balaban J connectivity index is 1.92. The van der Waals surface area contributed by atoms with Crippen LogP contribution < -0.4 is 0 Å². The van der Waals surface area contributed by atoms with Crippen molar-refractivity contribution in [1.82, 2.24) is 0 Å². The zero-order valence-electron chi connectivity index (χ0n) is 8.60. The normalized spacial score (nSPS) is 19.5. The second-order valence-corrected chi connectivity index (χ2v) is 6.40. The van der Waals surface area contributed by atoms with E-state index < -0.39 is 7.37 Å². The molecule has 0 aromatic heterocycles. The highest BCUT2D eigenvalue weighted by atomic mass is 31.2. The summed E-state index contributed by atoms with van der Waals surface area (Å²) in [7, 11) is -3.01. The third kappa shape index (κ3) is 3.05. The maximum Gasteiger partial charge on any atom is 0.208 e. The summed E-state index contributed by atoms with van der Waals surface area (Å²) < 4.78 is 11.9. The van der Waals surface area contributed by atoms with Crippen molar-refractivity contribution in [2.24, 2.45) is 0 Å². The molecule has 0 radical (unpaired) electrons. The van der Waals surface area contributed by atoms with Crippen LogP contribution in [0.4, 0.5) is 0 Å². The van der Waals surface area contributed by atoms with Gasteiger partial charge in [-0.05, 0) is 12.8 Å². The van der Waals surface area contributed by atoms with Crippen LogP contribution in [-0.4, -0.2) is 17.2 Å². The molecule has 0 aromatic rings.